The van der Waals surface area contributed by atoms with Gasteiger partial charge in [-0.05, 0) is 18.1 Å². The van der Waals surface area contributed by atoms with Gasteiger partial charge in [-0.25, -0.2) is 4.98 Å². The molecule has 0 unspecified atom stereocenters. The Morgan fingerprint density at radius 1 is 1.33 bits per heavy atom. The molecule has 3 rings (SSSR count). The minimum atomic E-state index is -0.198. The van der Waals surface area contributed by atoms with Crippen LogP contribution in [-0.4, -0.2) is 33.2 Å². The predicted molar refractivity (Wildman–Crippen MR) is 92.9 cm³/mol. The van der Waals surface area contributed by atoms with Gasteiger partial charge in [0.2, 0.25) is 5.91 Å². The van der Waals surface area contributed by atoms with Gasteiger partial charge >= 0.3 is 0 Å². The highest BCUT2D eigenvalue weighted by molar-refractivity contribution is 7.15. The molecule has 2 aromatic rings. The first-order chi connectivity index (χ1) is 11.5. The lowest BCUT2D eigenvalue weighted by molar-refractivity contribution is -0.132. The summed E-state index contributed by atoms with van der Waals surface area (Å²) in [5, 5.41) is 3.41. The molecule has 7 heteroatoms. The summed E-state index contributed by atoms with van der Waals surface area (Å²) in [5.41, 5.74) is 1.53. The molecule has 0 aliphatic carbocycles. The molecular weight excluding hydrogens is 324 g/mol. The molecule has 1 N–H and O–H groups in total. The molecule has 24 heavy (non-hydrogen) atoms. The number of hydrogen-bond donors (Lipinski definition) is 1. The first-order valence-electron chi connectivity index (χ1n) is 8.00. The highest BCUT2D eigenvalue weighted by Gasteiger charge is 2.24. The Bertz CT molecular complexity index is 742. The summed E-state index contributed by atoms with van der Waals surface area (Å²) in [4.78, 5) is 35.8. The van der Waals surface area contributed by atoms with Gasteiger partial charge in [0.25, 0.3) is 5.91 Å². The van der Waals surface area contributed by atoms with E-state index in [-0.39, 0.29) is 11.8 Å². The van der Waals surface area contributed by atoms with Gasteiger partial charge in [0.15, 0.2) is 5.13 Å². The lowest BCUT2D eigenvalue weighted by atomic mass is 10.1. The number of rotatable bonds is 4. The van der Waals surface area contributed by atoms with Gasteiger partial charge < -0.3 is 4.90 Å². The molecule has 0 bridgehead atoms. The van der Waals surface area contributed by atoms with E-state index in [9.17, 15) is 9.59 Å². The normalized spacial score (nSPS) is 13.7. The third kappa shape index (κ3) is 3.79. The summed E-state index contributed by atoms with van der Waals surface area (Å²) in [7, 11) is 0. The molecule has 0 aromatic carbocycles. The Morgan fingerprint density at radius 3 is 2.79 bits per heavy atom. The van der Waals surface area contributed by atoms with Crippen LogP contribution >= 0.6 is 11.3 Å². The summed E-state index contributed by atoms with van der Waals surface area (Å²) in [6.45, 7) is 5.38. The monoisotopic (exact) mass is 344 g/mol. The van der Waals surface area contributed by atoms with E-state index in [1.54, 1.807) is 24.5 Å². The van der Waals surface area contributed by atoms with Crippen LogP contribution in [0.1, 0.15) is 41.2 Å². The van der Waals surface area contributed by atoms with Crippen molar-refractivity contribution in [1.29, 1.82) is 0 Å². The number of pyridine rings is 1. The van der Waals surface area contributed by atoms with E-state index in [2.05, 4.69) is 15.3 Å². The quantitative estimate of drug-likeness (QED) is 0.925. The third-order valence-electron chi connectivity index (χ3n) is 3.83. The van der Waals surface area contributed by atoms with E-state index in [0.717, 1.165) is 17.0 Å². The number of hydrogen-bond acceptors (Lipinski definition) is 5. The molecule has 0 spiro atoms. The number of fused-ring (bicyclic) bond motifs is 1. The lowest BCUT2D eigenvalue weighted by Crippen LogP contribution is -2.36. The second-order valence-corrected chi connectivity index (χ2v) is 7.33. The zero-order valence-electron chi connectivity index (χ0n) is 13.8. The molecule has 2 amide bonds. The fraction of sp³-hybridized carbons (Fsp3) is 0.412. The van der Waals surface area contributed by atoms with Gasteiger partial charge in [-0.15, -0.1) is 0 Å². The lowest BCUT2D eigenvalue weighted by Gasteiger charge is -2.26. The van der Waals surface area contributed by atoms with Crippen molar-refractivity contribution in [2.24, 2.45) is 5.92 Å². The maximum atomic E-state index is 12.2. The molecule has 126 valence electrons. The zero-order valence-corrected chi connectivity index (χ0v) is 14.6. The van der Waals surface area contributed by atoms with E-state index in [4.69, 9.17) is 0 Å². The number of carbonyl (C=O) groups is 2. The summed E-state index contributed by atoms with van der Waals surface area (Å²) >= 11 is 1.45. The summed E-state index contributed by atoms with van der Waals surface area (Å²) in [6.07, 6.45) is 4.47. The maximum absolute atomic E-state index is 12.2. The first-order valence-corrected chi connectivity index (χ1v) is 8.82. The average molecular weight is 344 g/mol. The van der Waals surface area contributed by atoms with Crippen molar-refractivity contribution in [3.63, 3.8) is 0 Å². The topological polar surface area (TPSA) is 75.2 Å². The molecule has 3 heterocycles. The van der Waals surface area contributed by atoms with Crippen LogP contribution < -0.4 is 5.32 Å². The predicted octanol–water partition coefficient (Wildman–Crippen LogP) is 2.72. The minimum absolute atomic E-state index is 0.187. The number of nitrogens with zero attached hydrogens (tertiary/aromatic N) is 3. The number of anilines is 1. The van der Waals surface area contributed by atoms with Crippen molar-refractivity contribution in [2.75, 3.05) is 11.9 Å². The van der Waals surface area contributed by atoms with Crippen LogP contribution in [0.25, 0.3) is 0 Å². The zero-order chi connectivity index (χ0) is 17.1. The number of carbonyl (C=O) groups excluding carboxylic acids is 2. The fourth-order valence-corrected chi connectivity index (χ4v) is 3.63. The van der Waals surface area contributed by atoms with Gasteiger partial charge in [-0.1, -0.05) is 25.2 Å². The molecule has 2 aromatic heterocycles. The second kappa shape index (κ2) is 7.09. The van der Waals surface area contributed by atoms with E-state index in [1.165, 1.54) is 11.3 Å². The van der Waals surface area contributed by atoms with Crippen molar-refractivity contribution in [1.82, 2.24) is 14.9 Å². The summed E-state index contributed by atoms with van der Waals surface area (Å²) in [5.74, 6) is 0.346. The van der Waals surface area contributed by atoms with Crippen molar-refractivity contribution >= 4 is 28.3 Å². The van der Waals surface area contributed by atoms with Crippen molar-refractivity contribution in [3.8, 4) is 0 Å². The molecule has 6 nitrogen and oxygen atoms in total. The van der Waals surface area contributed by atoms with Gasteiger partial charge in [-0.3, -0.25) is 19.9 Å². The van der Waals surface area contributed by atoms with Gasteiger partial charge in [0.05, 0.1) is 12.2 Å². The van der Waals surface area contributed by atoms with E-state index >= 15 is 0 Å². The molecule has 0 saturated heterocycles. The Hall–Kier alpha value is -2.28. The molecule has 1 aliphatic rings. The fourth-order valence-electron chi connectivity index (χ4n) is 2.61. The van der Waals surface area contributed by atoms with Gasteiger partial charge in [0.1, 0.15) is 0 Å². The Morgan fingerprint density at radius 2 is 2.08 bits per heavy atom. The third-order valence-corrected chi connectivity index (χ3v) is 4.83. The maximum Gasteiger partial charge on any atom is 0.257 e. The van der Waals surface area contributed by atoms with Crippen LogP contribution in [0.2, 0.25) is 0 Å². The molecule has 0 atom stereocenters. The Kier molecular flexibility index (Phi) is 4.89. The molecule has 0 fully saturated rings. The van der Waals surface area contributed by atoms with E-state index in [0.29, 0.717) is 36.1 Å². The smallest absolute Gasteiger partial charge is 0.257 e. The number of aromatic nitrogens is 2. The molecular formula is C17H20N4O2S. The Labute approximate surface area is 144 Å². The summed E-state index contributed by atoms with van der Waals surface area (Å²) in [6, 6.07) is 3.32. The van der Waals surface area contributed by atoms with Crippen molar-refractivity contribution in [2.45, 2.75) is 33.2 Å². The number of amides is 2. The van der Waals surface area contributed by atoms with Crippen LogP contribution in [-0.2, 0) is 17.8 Å². The number of thiazole rings is 1. The second-order valence-electron chi connectivity index (χ2n) is 6.24. The van der Waals surface area contributed by atoms with E-state index in [1.807, 2.05) is 18.7 Å². The SMILES string of the molecule is CC(C)CC(=O)N1CCc2nc(NC(=O)c3ccncc3)sc2C1. The van der Waals surface area contributed by atoms with Crippen molar-refractivity contribution < 1.29 is 9.59 Å². The van der Waals surface area contributed by atoms with Crippen LogP contribution in [0.5, 0.6) is 0 Å². The van der Waals surface area contributed by atoms with Crippen molar-refractivity contribution in [3.05, 3.63) is 40.7 Å². The van der Waals surface area contributed by atoms with Crippen LogP contribution in [0.15, 0.2) is 24.5 Å². The van der Waals surface area contributed by atoms with Crippen LogP contribution in [0, 0.1) is 5.92 Å². The number of nitrogens with one attached hydrogen (secondary N) is 1. The molecule has 0 saturated carbocycles. The highest BCUT2D eigenvalue weighted by Crippen LogP contribution is 2.29. The first kappa shape index (κ1) is 16.6. The Balaban J connectivity index is 1.67. The largest absolute Gasteiger partial charge is 0.337 e. The van der Waals surface area contributed by atoms with E-state index < -0.39 is 0 Å². The van der Waals surface area contributed by atoms with Gasteiger partial charge in [0, 0.05) is 42.2 Å². The summed E-state index contributed by atoms with van der Waals surface area (Å²) < 4.78 is 0. The minimum Gasteiger partial charge on any atom is -0.337 e. The molecule has 1 aliphatic heterocycles. The van der Waals surface area contributed by atoms with Crippen LogP contribution in [0.4, 0.5) is 5.13 Å². The van der Waals surface area contributed by atoms with Gasteiger partial charge in [-0.2, -0.15) is 0 Å². The van der Waals surface area contributed by atoms with Crippen LogP contribution in [0.3, 0.4) is 0 Å². The standard InChI is InChI=1S/C17H20N4O2S/c1-11(2)9-15(22)21-8-5-13-14(10-21)24-17(19-13)20-16(23)12-3-6-18-7-4-12/h3-4,6-7,11H,5,8-10H2,1-2H3,(H,19,20,23). The molecule has 0 radical (unpaired) electrons. The highest BCUT2D eigenvalue weighted by atomic mass is 32.1. The average Bonchev–Trinajstić information content (AvgIpc) is 2.96.